The molecule has 0 heterocycles. The van der Waals surface area contributed by atoms with E-state index >= 15 is 0 Å². The molecule has 12 heavy (non-hydrogen) atoms. The van der Waals surface area contributed by atoms with Crippen LogP contribution >= 0.6 is 0 Å². The topological polar surface area (TPSA) is 21.3 Å². The molecule has 0 amide bonds. The van der Waals surface area contributed by atoms with Crippen LogP contribution in [0.5, 0.6) is 0 Å². The summed E-state index contributed by atoms with van der Waals surface area (Å²) < 4.78 is 0. The van der Waals surface area contributed by atoms with Crippen LogP contribution in [0.3, 0.4) is 0 Å². The minimum Gasteiger partial charge on any atom is -0.298 e. The average Bonchev–Trinajstić information content (AvgIpc) is 2.59. The molecule has 0 aromatic heterocycles. The second-order valence-electron chi connectivity index (χ2n) is 3.66. The highest BCUT2D eigenvalue weighted by atomic mass is 16.7. The van der Waals surface area contributed by atoms with Crippen LogP contribution in [0.25, 0.3) is 0 Å². The quantitative estimate of drug-likeness (QED) is 0.642. The van der Waals surface area contributed by atoms with Crippen molar-refractivity contribution in [2.45, 2.75) is 64.5 Å². The summed E-state index contributed by atoms with van der Waals surface area (Å²) in [5.41, 5.74) is 3.16. The molecule has 0 bridgehead atoms. The molecule has 1 rings (SSSR count). The maximum Gasteiger partial charge on any atom is 0.0790 e. The minimum atomic E-state index is 0.491. The monoisotopic (exact) mass is 171 g/mol. The van der Waals surface area contributed by atoms with Gasteiger partial charge in [0, 0.05) is 6.04 Å². The van der Waals surface area contributed by atoms with Gasteiger partial charge >= 0.3 is 0 Å². The smallest absolute Gasteiger partial charge is 0.0790 e. The van der Waals surface area contributed by atoms with Crippen molar-refractivity contribution in [2.24, 2.45) is 0 Å². The van der Waals surface area contributed by atoms with E-state index in [4.69, 9.17) is 4.84 Å². The highest BCUT2D eigenvalue weighted by molar-refractivity contribution is 4.66. The van der Waals surface area contributed by atoms with E-state index in [0.717, 1.165) is 12.8 Å². The van der Waals surface area contributed by atoms with Crippen LogP contribution in [0.2, 0.25) is 0 Å². The fourth-order valence-electron chi connectivity index (χ4n) is 1.65. The molecule has 0 saturated heterocycles. The predicted molar refractivity (Wildman–Crippen MR) is 50.8 cm³/mol. The summed E-state index contributed by atoms with van der Waals surface area (Å²) in [6.07, 6.45) is 7.97. The Morgan fingerprint density at radius 3 is 2.33 bits per heavy atom. The average molecular weight is 171 g/mol. The van der Waals surface area contributed by atoms with Gasteiger partial charge < -0.3 is 0 Å². The second kappa shape index (κ2) is 5.55. The maximum absolute atomic E-state index is 5.60. The molecule has 1 aliphatic carbocycles. The highest BCUT2D eigenvalue weighted by Crippen LogP contribution is 2.20. The maximum atomic E-state index is 5.60. The fourth-order valence-corrected chi connectivity index (χ4v) is 1.65. The summed E-state index contributed by atoms with van der Waals surface area (Å²) in [6.45, 7) is 4.39. The van der Waals surface area contributed by atoms with Crippen molar-refractivity contribution in [3.05, 3.63) is 0 Å². The molecule has 2 nitrogen and oxygen atoms in total. The van der Waals surface area contributed by atoms with Gasteiger partial charge in [-0.15, -0.1) is 0 Å². The molecule has 1 N–H and O–H groups in total. The number of hydroxylamine groups is 1. The van der Waals surface area contributed by atoms with E-state index in [-0.39, 0.29) is 0 Å². The lowest BCUT2D eigenvalue weighted by Gasteiger charge is -2.17. The third kappa shape index (κ3) is 3.11. The minimum absolute atomic E-state index is 0.491. The summed E-state index contributed by atoms with van der Waals surface area (Å²) in [4.78, 5) is 5.60. The van der Waals surface area contributed by atoms with E-state index in [1.165, 1.54) is 25.7 Å². The van der Waals surface area contributed by atoms with Gasteiger partial charge in [-0.25, -0.2) is 0 Å². The van der Waals surface area contributed by atoms with Gasteiger partial charge in [-0.05, 0) is 25.7 Å². The van der Waals surface area contributed by atoms with E-state index in [9.17, 15) is 0 Å². The number of hydrogen-bond acceptors (Lipinski definition) is 2. The normalized spacial score (nSPS) is 19.2. The fraction of sp³-hybridized carbons (Fsp3) is 1.00. The summed E-state index contributed by atoms with van der Waals surface area (Å²) in [6, 6.07) is 0.547. The summed E-state index contributed by atoms with van der Waals surface area (Å²) in [5, 5.41) is 0. The molecule has 1 aliphatic rings. The van der Waals surface area contributed by atoms with Gasteiger partial charge in [-0.2, -0.15) is 5.48 Å². The van der Waals surface area contributed by atoms with Gasteiger partial charge in [0.15, 0.2) is 0 Å². The zero-order chi connectivity index (χ0) is 8.81. The zero-order valence-electron chi connectivity index (χ0n) is 8.31. The molecule has 0 aliphatic heterocycles. The molecule has 0 unspecified atom stereocenters. The number of hydrogen-bond donors (Lipinski definition) is 1. The van der Waals surface area contributed by atoms with Gasteiger partial charge in [-0.1, -0.05) is 26.7 Å². The zero-order valence-corrected chi connectivity index (χ0v) is 8.31. The molecule has 1 saturated carbocycles. The Morgan fingerprint density at radius 2 is 1.83 bits per heavy atom. The van der Waals surface area contributed by atoms with Crippen molar-refractivity contribution in [1.29, 1.82) is 0 Å². The Morgan fingerprint density at radius 1 is 1.25 bits per heavy atom. The van der Waals surface area contributed by atoms with Gasteiger partial charge in [0.2, 0.25) is 0 Å². The van der Waals surface area contributed by atoms with E-state index in [1.54, 1.807) is 0 Å². The van der Waals surface area contributed by atoms with Crippen molar-refractivity contribution in [3.8, 4) is 0 Å². The van der Waals surface area contributed by atoms with Crippen LogP contribution < -0.4 is 5.48 Å². The molecule has 0 atom stereocenters. The molecule has 0 aromatic carbocycles. The molecule has 72 valence electrons. The first-order chi connectivity index (χ1) is 5.86. The van der Waals surface area contributed by atoms with Crippen molar-refractivity contribution < 1.29 is 4.84 Å². The number of nitrogens with one attached hydrogen (secondary N) is 1. The first-order valence-electron chi connectivity index (χ1n) is 5.28. The van der Waals surface area contributed by atoms with Gasteiger partial charge in [0.25, 0.3) is 0 Å². The predicted octanol–water partition coefficient (Wildman–Crippen LogP) is 2.64. The van der Waals surface area contributed by atoms with Gasteiger partial charge in [0.1, 0.15) is 0 Å². The van der Waals surface area contributed by atoms with E-state index < -0.39 is 0 Å². The molecule has 0 radical (unpaired) electrons. The lowest BCUT2D eigenvalue weighted by Crippen LogP contribution is -2.31. The molecule has 0 aromatic rings. The van der Waals surface area contributed by atoms with E-state index in [0.29, 0.717) is 12.1 Å². The molecule has 2 heteroatoms. The van der Waals surface area contributed by atoms with E-state index in [1.807, 2.05) is 0 Å². The molecule has 1 fully saturated rings. The first-order valence-corrected chi connectivity index (χ1v) is 5.28. The van der Waals surface area contributed by atoms with Crippen LogP contribution in [-0.4, -0.2) is 12.1 Å². The second-order valence-corrected chi connectivity index (χ2v) is 3.66. The largest absolute Gasteiger partial charge is 0.298 e. The Bertz CT molecular complexity index is 104. The van der Waals surface area contributed by atoms with Crippen LogP contribution in [-0.2, 0) is 4.84 Å². The molecular weight excluding hydrogens is 150 g/mol. The van der Waals surface area contributed by atoms with Crippen molar-refractivity contribution >= 4 is 0 Å². The van der Waals surface area contributed by atoms with Gasteiger partial charge in [0.05, 0.1) is 6.10 Å². The summed E-state index contributed by atoms with van der Waals surface area (Å²) >= 11 is 0. The lowest BCUT2D eigenvalue weighted by atomic mass is 10.2. The van der Waals surface area contributed by atoms with Gasteiger partial charge in [-0.3, -0.25) is 4.84 Å². The molecular formula is C10H21NO. The van der Waals surface area contributed by atoms with Crippen LogP contribution in [0, 0.1) is 0 Å². The van der Waals surface area contributed by atoms with Crippen LogP contribution in [0.15, 0.2) is 0 Å². The SMILES string of the molecule is CCC(CC)NOC1CCCC1. The summed E-state index contributed by atoms with van der Waals surface area (Å²) in [5.74, 6) is 0. The standard InChI is InChI=1S/C10H21NO/c1-3-9(4-2)11-12-10-7-5-6-8-10/h9-11H,3-8H2,1-2H3. The Kier molecular flexibility index (Phi) is 4.62. The van der Waals surface area contributed by atoms with Crippen molar-refractivity contribution in [3.63, 3.8) is 0 Å². The van der Waals surface area contributed by atoms with Crippen LogP contribution in [0.4, 0.5) is 0 Å². The molecule has 0 spiro atoms. The van der Waals surface area contributed by atoms with Crippen molar-refractivity contribution in [2.75, 3.05) is 0 Å². The lowest BCUT2D eigenvalue weighted by molar-refractivity contribution is -0.0413. The van der Waals surface area contributed by atoms with Crippen LogP contribution in [0.1, 0.15) is 52.4 Å². The Hall–Kier alpha value is -0.0800. The first kappa shape index (κ1) is 10.0. The highest BCUT2D eigenvalue weighted by Gasteiger charge is 2.16. The third-order valence-corrected chi connectivity index (χ3v) is 2.69. The van der Waals surface area contributed by atoms with E-state index in [2.05, 4.69) is 19.3 Å². The number of rotatable bonds is 5. The van der Waals surface area contributed by atoms with Crippen molar-refractivity contribution in [1.82, 2.24) is 5.48 Å². The summed E-state index contributed by atoms with van der Waals surface area (Å²) in [7, 11) is 0. The Labute approximate surface area is 75.6 Å². The Balaban J connectivity index is 2.06. The third-order valence-electron chi connectivity index (χ3n) is 2.69.